The lowest BCUT2D eigenvalue weighted by Crippen LogP contribution is -2.33. The van der Waals surface area contributed by atoms with Crippen LogP contribution in [0.25, 0.3) is 0 Å². The molecule has 0 aromatic rings. The van der Waals surface area contributed by atoms with E-state index in [-0.39, 0.29) is 0 Å². The van der Waals surface area contributed by atoms with Gasteiger partial charge in [-0.15, -0.1) is 0 Å². The van der Waals surface area contributed by atoms with Gasteiger partial charge in [0.05, 0.1) is 0 Å². The molecule has 1 heteroatoms. The van der Waals surface area contributed by atoms with Crippen LogP contribution in [0, 0.1) is 0 Å². The molecule has 1 rings (SSSR count). The smallest absolute Gasteiger partial charge is 0.0254 e. The van der Waals surface area contributed by atoms with Crippen LogP contribution in [0.5, 0.6) is 0 Å². The summed E-state index contributed by atoms with van der Waals surface area (Å²) >= 11 is 0. The van der Waals surface area contributed by atoms with Crippen LogP contribution in [-0.4, -0.2) is 12.6 Å². The van der Waals surface area contributed by atoms with Gasteiger partial charge in [-0.2, -0.15) is 0 Å². The van der Waals surface area contributed by atoms with Crippen LogP contribution in [0.3, 0.4) is 0 Å². The molecule has 1 saturated heterocycles. The molecule has 0 aromatic heterocycles. The Morgan fingerprint density at radius 1 is 1.70 bits per heavy atom. The van der Waals surface area contributed by atoms with Gasteiger partial charge in [0.2, 0.25) is 0 Å². The second kappa shape index (κ2) is 3.57. The Hall–Kier alpha value is -0.560. The first-order valence-corrected chi connectivity index (χ1v) is 3.89. The number of rotatable bonds is 1. The summed E-state index contributed by atoms with van der Waals surface area (Å²) in [4.78, 5) is 0. The molecule has 10 heavy (non-hydrogen) atoms. The summed E-state index contributed by atoms with van der Waals surface area (Å²) in [7, 11) is 0. The Labute approximate surface area is 62.8 Å². The van der Waals surface area contributed by atoms with E-state index in [1.807, 2.05) is 6.08 Å². The Kier molecular flexibility index (Phi) is 2.69. The SMILES string of the molecule is C=C/C=C1\CCCNC1C. The van der Waals surface area contributed by atoms with Gasteiger partial charge in [0.15, 0.2) is 0 Å². The zero-order valence-electron chi connectivity index (χ0n) is 6.56. The molecule has 56 valence electrons. The van der Waals surface area contributed by atoms with E-state index in [0.717, 1.165) is 6.54 Å². The van der Waals surface area contributed by atoms with E-state index in [9.17, 15) is 0 Å². The van der Waals surface area contributed by atoms with E-state index in [2.05, 4.69) is 24.9 Å². The predicted octanol–water partition coefficient (Wildman–Crippen LogP) is 1.87. The maximum Gasteiger partial charge on any atom is 0.0254 e. The van der Waals surface area contributed by atoms with E-state index < -0.39 is 0 Å². The van der Waals surface area contributed by atoms with Crippen molar-refractivity contribution >= 4 is 0 Å². The Bertz CT molecular complexity index is 147. The van der Waals surface area contributed by atoms with Gasteiger partial charge in [0, 0.05) is 6.04 Å². The van der Waals surface area contributed by atoms with Crippen LogP contribution in [0.15, 0.2) is 24.3 Å². The number of hydrogen-bond donors (Lipinski definition) is 1. The molecule has 1 aliphatic heterocycles. The highest BCUT2D eigenvalue weighted by molar-refractivity contribution is 5.17. The van der Waals surface area contributed by atoms with Gasteiger partial charge in [0.25, 0.3) is 0 Å². The van der Waals surface area contributed by atoms with E-state index >= 15 is 0 Å². The monoisotopic (exact) mass is 137 g/mol. The molecule has 1 aliphatic rings. The minimum atomic E-state index is 0.562. The molecule has 1 fully saturated rings. The lowest BCUT2D eigenvalue weighted by molar-refractivity contribution is 0.517. The van der Waals surface area contributed by atoms with Crippen molar-refractivity contribution < 1.29 is 0 Å². The van der Waals surface area contributed by atoms with Crippen molar-refractivity contribution in [3.8, 4) is 0 Å². The highest BCUT2D eigenvalue weighted by Gasteiger charge is 2.11. The van der Waals surface area contributed by atoms with Crippen molar-refractivity contribution in [2.75, 3.05) is 6.54 Å². The van der Waals surface area contributed by atoms with Crippen LogP contribution in [-0.2, 0) is 0 Å². The molecule has 0 radical (unpaired) electrons. The average molecular weight is 137 g/mol. The van der Waals surface area contributed by atoms with E-state index in [4.69, 9.17) is 0 Å². The maximum atomic E-state index is 3.69. The summed E-state index contributed by atoms with van der Waals surface area (Å²) in [5.41, 5.74) is 1.49. The highest BCUT2D eigenvalue weighted by atomic mass is 14.9. The van der Waals surface area contributed by atoms with E-state index in [1.165, 1.54) is 18.4 Å². The Balaban J connectivity index is 2.55. The number of allylic oxidation sites excluding steroid dienone is 2. The van der Waals surface area contributed by atoms with Gasteiger partial charge in [-0.3, -0.25) is 0 Å². The van der Waals surface area contributed by atoms with Crippen molar-refractivity contribution in [1.29, 1.82) is 0 Å². The fraction of sp³-hybridized carbons (Fsp3) is 0.556. The van der Waals surface area contributed by atoms with Gasteiger partial charge >= 0.3 is 0 Å². The summed E-state index contributed by atoms with van der Waals surface area (Å²) in [6, 6.07) is 0.562. The Morgan fingerprint density at radius 3 is 3.10 bits per heavy atom. The van der Waals surface area contributed by atoms with Gasteiger partial charge in [-0.25, -0.2) is 0 Å². The molecule has 1 heterocycles. The fourth-order valence-electron chi connectivity index (χ4n) is 1.34. The second-order valence-electron chi connectivity index (χ2n) is 2.76. The first-order chi connectivity index (χ1) is 4.84. The molecule has 0 amide bonds. The van der Waals surface area contributed by atoms with E-state index in [0.29, 0.717) is 6.04 Å². The van der Waals surface area contributed by atoms with Gasteiger partial charge < -0.3 is 5.32 Å². The first kappa shape index (κ1) is 7.55. The van der Waals surface area contributed by atoms with Crippen molar-refractivity contribution in [2.24, 2.45) is 0 Å². The Morgan fingerprint density at radius 2 is 2.50 bits per heavy atom. The number of nitrogens with one attached hydrogen (secondary N) is 1. The third kappa shape index (κ3) is 1.71. The molecule has 1 nitrogen and oxygen atoms in total. The van der Waals surface area contributed by atoms with Crippen molar-refractivity contribution in [1.82, 2.24) is 5.32 Å². The second-order valence-corrected chi connectivity index (χ2v) is 2.76. The zero-order valence-corrected chi connectivity index (χ0v) is 6.56. The molecule has 0 saturated carbocycles. The lowest BCUT2D eigenvalue weighted by Gasteiger charge is -2.22. The highest BCUT2D eigenvalue weighted by Crippen LogP contribution is 2.14. The molecule has 1 atom stereocenters. The molecule has 1 unspecified atom stereocenters. The molecule has 1 N–H and O–H groups in total. The molecule has 0 bridgehead atoms. The van der Waals surface area contributed by atoms with Gasteiger partial charge in [-0.05, 0) is 26.3 Å². The lowest BCUT2D eigenvalue weighted by atomic mass is 9.99. The van der Waals surface area contributed by atoms with Crippen molar-refractivity contribution in [2.45, 2.75) is 25.8 Å². The average Bonchev–Trinajstić information content (AvgIpc) is 1.94. The first-order valence-electron chi connectivity index (χ1n) is 3.89. The molecule has 0 spiro atoms. The van der Waals surface area contributed by atoms with Crippen LogP contribution in [0.2, 0.25) is 0 Å². The predicted molar refractivity (Wildman–Crippen MR) is 45.0 cm³/mol. The summed E-state index contributed by atoms with van der Waals surface area (Å²) in [6.07, 6.45) is 6.50. The third-order valence-electron chi connectivity index (χ3n) is 1.98. The van der Waals surface area contributed by atoms with Gasteiger partial charge in [0.1, 0.15) is 0 Å². The van der Waals surface area contributed by atoms with Crippen molar-refractivity contribution in [3.05, 3.63) is 24.3 Å². The van der Waals surface area contributed by atoms with Crippen LogP contribution in [0.1, 0.15) is 19.8 Å². The fourth-order valence-corrected chi connectivity index (χ4v) is 1.34. The number of hydrogen-bond acceptors (Lipinski definition) is 1. The largest absolute Gasteiger partial charge is 0.311 e. The minimum Gasteiger partial charge on any atom is -0.311 e. The molecular formula is C9H15N. The van der Waals surface area contributed by atoms with Crippen LogP contribution < -0.4 is 5.32 Å². The summed E-state index contributed by atoms with van der Waals surface area (Å²) in [6.45, 7) is 7.05. The van der Waals surface area contributed by atoms with Gasteiger partial charge in [-0.1, -0.05) is 24.3 Å². The minimum absolute atomic E-state index is 0.562. The third-order valence-corrected chi connectivity index (χ3v) is 1.98. The maximum absolute atomic E-state index is 3.69. The standard InChI is InChI=1S/C9H15N/c1-3-5-9-6-4-7-10-8(9)2/h3,5,8,10H,1,4,6-7H2,2H3/b9-5+. The number of piperidine rings is 1. The topological polar surface area (TPSA) is 12.0 Å². The van der Waals surface area contributed by atoms with Crippen LogP contribution >= 0.6 is 0 Å². The van der Waals surface area contributed by atoms with Crippen molar-refractivity contribution in [3.63, 3.8) is 0 Å². The summed E-state index contributed by atoms with van der Waals surface area (Å²) in [5.74, 6) is 0. The molecule has 0 aliphatic carbocycles. The summed E-state index contributed by atoms with van der Waals surface area (Å²) < 4.78 is 0. The quantitative estimate of drug-likeness (QED) is 0.581. The van der Waals surface area contributed by atoms with Crippen LogP contribution in [0.4, 0.5) is 0 Å². The normalized spacial score (nSPS) is 30.5. The molecular weight excluding hydrogens is 122 g/mol. The molecule has 0 aromatic carbocycles. The van der Waals surface area contributed by atoms with E-state index in [1.54, 1.807) is 0 Å². The summed E-state index contributed by atoms with van der Waals surface area (Å²) in [5, 5.41) is 3.40. The zero-order chi connectivity index (χ0) is 7.40.